The zero-order chi connectivity index (χ0) is 11.5. The number of aliphatic hydroxyl groups is 1. The number of aliphatic hydroxyl groups excluding tert-OH is 1. The molecule has 0 aromatic carbocycles. The van der Waals surface area contributed by atoms with Crippen LogP contribution in [0.4, 0.5) is 0 Å². The lowest BCUT2D eigenvalue weighted by Crippen LogP contribution is -2.43. The molecular weight excluding hydrogens is 214 g/mol. The van der Waals surface area contributed by atoms with Crippen LogP contribution in [0.25, 0.3) is 0 Å². The molecule has 4 nitrogen and oxygen atoms in total. The topological polar surface area (TPSA) is 66.4 Å². The van der Waals surface area contributed by atoms with Crippen LogP contribution in [0.3, 0.4) is 0 Å². The fourth-order valence-corrected chi connectivity index (χ4v) is 3.35. The van der Waals surface area contributed by atoms with Gasteiger partial charge in [-0.15, -0.1) is 0 Å². The van der Waals surface area contributed by atoms with Gasteiger partial charge in [0, 0.05) is 24.9 Å². The van der Waals surface area contributed by atoms with E-state index in [-0.39, 0.29) is 24.4 Å². The first kappa shape index (κ1) is 12.9. The highest BCUT2D eigenvalue weighted by Gasteiger charge is 2.27. The summed E-state index contributed by atoms with van der Waals surface area (Å²) in [5, 5.41) is 12.4. The second kappa shape index (κ2) is 5.27. The van der Waals surface area contributed by atoms with E-state index in [1.54, 1.807) is 0 Å². The van der Waals surface area contributed by atoms with Gasteiger partial charge in [-0.1, -0.05) is 6.42 Å². The molecule has 0 heterocycles. The summed E-state index contributed by atoms with van der Waals surface area (Å²) in [4.78, 5) is 0. The van der Waals surface area contributed by atoms with Crippen LogP contribution < -0.4 is 5.32 Å². The Balaban J connectivity index is 2.40. The molecule has 0 bridgehead atoms. The Labute approximate surface area is 92.0 Å². The molecular formula is C10H21NO3S. The molecule has 2 N–H and O–H groups in total. The maximum absolute atomic E-state index is 11.1. The molecule has 1 rings (SSSR count). The lowest BCUT2D eigenvalue weighted by molar-refractivity contribution is 0.202. The maximum Gasteiger partial charge on any atom is 0.148 e. The Morgan fingerprint density at radius 1 is 1.47 bits per heavy atom. The van der Waals surface area contributed by atoms with Crippen LogP contribution in [0.1, 0.15) is 26.2 Å². The van der Waals surface area contributed by atoms with E-state index in [0.29, 0.717) is 5.92 Å². The molecule has 0 aromatic rings. The molecule has 0 aliphatic heterocycles. The SMILES string of the molecule is CC(CS(C)(=O)=O)NC1CCCC1CO. The summed E-state index contributed by atoms with van der Waals surface area (Å²) in [7, 11) is -2.91. The smallest absolute Gasteiger partial charge is 0.148 e. The standard InChI is InChI=1S/C10H21NO3S/c1-8(7-15(2,13)14)11-10-5-3-4-9(10)6-12/h8-12H,3-7H2,1-2H3. The summed E-state index contributed by atoms with van der Waals surface area (Å²) in [6.45, 7) is 2.08. The van der Waals surface area contributed by atoms with Gasteiger partial charge in [0.1, 0.15) is 9.84 Å². The first-order chi connectivity index (χ1) is 6.92. The van der Waals surface area contributed by atoms with Gasteiger partial charge in [-0.25, -0.2) is 8.42 Å². The number of hydrogen-bond acceptors (Lipinski definition) is 4. The molecule has 1 fully saturated rings. The predicted octanol–water partition coefficient (Wildman–Crippen LogP) is 0.170. The van der Waals surface area contributed by atoms with E-state index < -0.39 is 9.84 Å². The Hall–Kier alpha value is -0.130. The van der Waals surface area contributed by atoms with E-state index in [2.05, 4.69) is 5.32 Å². The Kier molecular flexibility index (Phi) is 4.55. The van der Waals surface area contributed by atoms with Crippen LogP contribution in [0.2, 0.25) is 0 Å². The van der Waals surface area contributed by atoms with Gasteiger partial charge in [0.15, 0.2) is 0 Å². The van der Waals surface area contributed by atoms with E-state index in [1.165, 1.54) is 6.26 Å². The second-order valence-electron chi connectivity index (χ2n) is 4.64. The first-order valence-corrected chi connectivity index (χ1v) is 7.53. The summed E-state index contributed by atoms with van der Waals surface area (Å²) in [5.41, 5.74) is 0. The van der Waals surface area contributed by atoms with E-state index >= 15 is 0 Å². The Bertz CT molecular complexity index is 289. The summed E-state index contributed by atoms with van der Waals surface area (Å²) in [5.74, 6) is 0.466. The molecule has 0 radical (unpaired) electrons. The molecule has 3 unspecified atom stereocenters. The third-order valence-electron chi connectivity index (χ3n) is 2.94. The summed E-state index contributed by atoms with van der Waals surface area (Å²) >= 11 is 0. The molecule has 3 atom stereocenters. The molecule has 0 amide bonds. The van der Waals surface area contributed by atoms with Crippen LogP contribution in [0.15, 0.2) is 0 Å². The van der Waals surface area contributed by atoms with Crippen molar-refractivity contribution in [3.8, 4) is 0 Å². The van der Waals surface area contributed by atoms with Gasteiger partial charge in [0.05, 0.1) is 5.75 Å². The number of hydrogen-bond donors (Lipinski definition) is 2. The van der Waals surface area contributed by atoms with Crippen molar-refractivity contribution in [3.63, 3.8) is 0 Å². The molecule has 15 heavy (non-hydrogen) atoms. The predicted molar refractivity (Wildman–Crippen MR) is 60.5 cm³/mol. The van der Waals surface area contributed by atoms with Crippen LogP contribution >= 0.6 is 0 Å². The van der Waals surface area contributed by atoms with Crippen molar-refractivity contribution in [1.82, 2.24) is 5.32 Å². The van der Waals surface area contributed by atoms with Crippen LogP contribution in [0.5, 0.6) is 0 Å². The zero-order valence-electron chi connectivity index (χ0n) is 9.44. The monoisotopic (exact) mass is 235 g/mol. The molecule has 90 valence electrons. The van der Waals surface area contributed by atoms with Gasteiger partial charge in [-0.3, -0.25) is 0 Å². The quantitative estimate of drug-likeness (QED) is 0.713. The van der Waals surface area contributed by atoms with E-state index in [1.807, 2.05) is 6.92 Å². The van der Waals surface area contributed by atoms with Crippen molar-refractivity contribution in [2.75, 3.05) is 18.6 Å². The minimum atomic E-state index is -2.91. The summed E-state index contributed by atoms with van der Waals surface area (Å²) < 4.78 is 22.2. The van der Waals surface area contributed by atoms with Crippen LogP contribution in [0, 0.1) is 5.92 Å². The average molecular weight is 235 g/mol. The van der Waals surface area contributed by atoms with Crippen molar-refractivity contribution in [2.24, 2.45) is 5.92 Å². The lowest BCUT2D eigenvalue weighted by atomic mass is 10.0. The first-order valence-electron chi connectivity index (χ1n) is 5.47. The van der Waals surface area contributed by atoms with Crippen molar-refractivity contribution < 1.29 is 13.5 Å². The van der Waals surface area contributed by atoms with Gasteiger partial charge in [-0.05, 0) is 25.7 Å². The molecule has 1 saturated carbocycles. The third kappa shape index (κ3) is 4.49. The van der Waals surface area contributed by atoms with Crippen molar-refractivity contribution in [2.45, 2.75) is 38.3 Å². The summed E-state index contributed by atoms with van der Waals surface area (Å²) in [6, 6.07) is 0.254. The van der Waals surface area contributed by atoms with Gasteiger partial charge in [-0.2, -0.15) is 0 Å². The Morgan fingerprint density at radius 2 is 2.13 bits per heavy atom. The molecule has 0 spiro atoms. The minimum absolute atomic E-state index is 0.0304. The average Bonchev–Trinajstić information content (AvgIpc) is 2.48. The molecule has 1 aliphatic rings. The fraction of sp³-hybridized carbons (Fsp3) is 1.00. The molecule has 0 saturated heterocycles. The Morgan fingerprint density at radius 3 is 2.67 bits per heavy atom. The number of sulfone groups is 1. The number of nitrogens with one attached hydrogen (secondary N) is 1. The largest absolute Gasteiger partial charge is 0.396 e. The minimum Gasteiger partial charge on any atom is -0.396 e. The molecule has 1 aliphatic carbocycles. The van der Waals surface area contributed by atoms with E-state index in [9.17, 15) is 8.42 Å². The fourth-order valence-electron chi connectivity index (χ4n) is 2.34. The van der Waals surface area contributed by atoms with Gasteiger partial charge < -0.3 is 10.4 Å². The highest BCUT2D eigenvalue weighted by atomic mass is 32.2. The van der Waals surface area contributed by atoms with Gasteiger partial charge >= 0.3 is 0 Å². The van der Waals surface area contributed by atoms with Crippen molar-refractivity contribution in [3.05, 3.63) is 0 Å². The zero-order valence-corrected chi connectivity index (χ0v) is 10.3. The van der Waals surface area contributed by atoms with Gasteiger partial charge in [0.2, 0.25) is 0 Å². The summed E-state index contributed by atoms with van der Waals surface area (Å²) in [6.07, 6.45) is 4.46. The van der Waals surface area contributed by atoms with Crippen molar-refractivity contribution in [1.29, 1.82) is 0 Å². The lowest BCUT2D eigenvalue weighted by Gasteiger charge is -2.23. The normalized spacial score (nSPS) is 29.3. The second-order valence-corrected chi connectivity index (χ2v) is 6.83. The van der Waals surface area contributed by atoms with E-state index in [0.717, 1.165) is 19.3 Å². The van der Waals surface area contributed by atoms with Gasteiger partial charge in [0.25, 0.3) is 0 Å². The molecule has 0 aromatic heterocycles. The van der Waals surface area contributed by atoms with E-state index in [4.69, 9.17) is 5.11 Å². The van der Waals surface area contributed by atoms with Crippen molar-refractivity contribution >= 4 is 9.84 Å². The highest BCUT2D eigenvalue weighted by molar-refractivity contribution is 7.90. The highest BCUT2D eigenvalue weighted by Crippen LogP contribution is 2.25. The maximum atomic E-state index is 11.1. The van der Waals surface area contributed by atoms with Crippen LogP contribution in [-0.4, -0.2) is 44.2 Å². The van der Waals surface area contributed by atoms with Crippen LogP contribution in [-0.2, 0) is 9.84 Å². The third-order valence-corrected chi connectivity index (χ3v) is 4.05. The molecule has 5 heteroatoms. The number of rotatable bonds is 5.